The Kier molecular flexibility index (Phi) is 5.11. The van der Waals surface area contributed by atoms with Gasteiger partial charge in [-0.05, 0) is 36.4 Å². The number of rotatable bonds is 7. The fourth-order valence-corrected chi connectivity index (χ4v) is 2.35. The minimum atomic E-state index is 0.116. The number of ether oxygens (including phenoxy) is 3. The van der Waals surface area contributed by atoms with E-state index in [4.69, 9.17) is 24.4 Å². The van der Waals surface area contributed by atoms with E-state index < -0.39 is 0 Å². The maximum atomic E-state index is 5.92. The number of benzene rings is 1. The van der Waals surface area contributed by atoms with Crippen molar-refractivity contribution in [1.29, 1.82) is 0 Å². The lowest BCUT2D eigenvalue weighted by Gasteiger charge is -2.18. The van der Waals surface area contributed by atoms with E-state index in [1.807, 2.05) is 24.3 Å². The van der Waals surface area contributed by atoms with Crippen molar-refractivity contribution >= 4 is 0 Å². The van der Waals surface area contributed by atoms with Gasteiger partial charge in [-0.15, -0.1) is 0 Å². The molecular weight excluding hydrogens is 270 g/mol. The monoisotopic (exact) mass is 291 g/mol. The molecule has 0 bridgehead atoms. The van der Waals surface area contributed by atoms with E-state index in [-0.39, 0.29) is 5.92 Å². The van der Waals surface area contributed by atoms with Crippen LogP contribution in [0.3, 0.4) is 0 Å². The molecule has 0 fully saturated rings. The first-order chi connectivity index (χ1) is 10.2. The third-order valence-electron chi connectivity index (χ3n) is 3.47. The molecule has 114 valence electrons. The van der Waals surface area contributed by atoms with Gasteiger partial charge in [-0.1, -0.05) is 0 Å². The van der Waals surface area contributed by atoms with Gasteiger partial charge >= 0.3 is 0 Å². The molecule has 0 aliphatic carbocycles. The molecule has 0 radical (unpaired) electrons. The Morgan fingerprint density at radius 2 is 1.76 bits per heavy atom. The highest BCUT2D eigenvalue weighted by Crippen LogP contribution is 2.40. The molecule has 5 heteroatoms. The largest absolute Gasteiger partial charge is 0.493 e. The molecule has 2 aromatic rings. The number of hydrogen-bond acceptors (Lipinski definition) is 5. The van der Waals surface area contributed by atoms with Crippen molar-refractivity contribution in [3.05, 3.63) is 41.9 Å². The van der Waals surface area contributed by atoms with Crippen molar-refractivity contribution in [1.82, 2.24) is 0 Å². The van der Waals surface area contributed by atoms with Gasteiger partial charge in [-0.3, -0.25) is 0 Å². The van der Waals surface area contributed by atoms with Gasteiger partial charge in [0.15, 0.2) is 11.5 Å². The van der Waals surface area contributed by atoms with E-state index in [9.17, 15) is 0 Å². The Morgan fingerprint density at radius 3 is 2.19 bits per heavy atom. The first kappa shape index (κ1) is 15.3. The molecule has 1 aromatic heterocycles. The molecule has 5 nitrogen and oxygen atoms in total. The second-order valence-electron chi connectivity index (χ2n) is 4.67. The summed E-state index contributed by atoms with van der Waals surface area (Å²) in [7, 11) is 4.79. The van der Waals surface area contributed by atoms with Gasteiger partial charge < -0.3 is 24.4 Å². The molecule has 2 N–H and O–H groups in total. The van der Waals surface area contributed by atoms with Crippen LogP contribution in [0.5, 0.6) is 17.2 Å². The number of hydrogen-bond donors (Lipinski definition) is 1. The number of methoxy groups -OCH3 is 3. The van der Waals surface area contributed by atoms with Crippen molar-refractivity contribution in [3.63, 3.8) is 0 Å². The fourth-order valence-electron chi connectivity index (χ4n) is 2.35. The Labute approximate surface area is 124 Å². The van der Waals surface area contributed by atoms with E-state index in [0.717, 1.165) is 17.7 Å². The third kappa shape index (κ3) is 3.31. The zero-order valence-corrected chi connectivity index (χ0v) is 12.6. The van der Waals surface area contributed by atoms with E-state index in [2.05, 4.69) is 0 Å². The van der Waals surface area contributed by atoms with Crippen LogP contribution in [-0.2, 0) is 6.42 Å². The molecule has 1 heterocycles. The minimum Gasteiger partial charge on any atom is -0.493 e. The van der Waals surface area contributed by atoms with Gasteiger partial charge in [-0.2, -0.15) is 0 Å². The van der Waals surface area contributed by atoms with Crippen LogP contribution in [0.2, 0.25) is 0 Å². The van der Waals surface area contributed by atoms with Gasteiger partial charge in [0.25, 0.3) is 0 Å². The highest BCUT2D eigenvalue weighted by atomic mass is 16.5. The van der Waals surface area contributed by atoms with Gasteiger partial charge in [0.05, 0.1) is 27.6 Å². The van der Waals surface area contributed by atoms with Crippen molar-refractivity contribution in [2.75, 3.05) is 27.9 Å². The summed E-state index contributed by atoms with van der Waals surface area (Å²) >= 11 is 0. The summed E-state index contributed by atoms with van der Waals surface area (Å²) in [6.07, 6.45) is 2.39. The average Bonchev–Trinajstić information content (AvgIpc) is 3.04. The number of nitrogens with two attached hydrogens (primary N) is 1. The molecule has 21 heavy (non-hydrogen) atoms. The standard InChI is InChI=1S/C16H21NO4/c1-18-14-8-11(9-15(19-2)16(14)20-3)12(10-17)7-13-5-4-6-21-13/h4-6,8-9,12H,7,10,17H2,1-3H3. The maximum absolute atomic E-state index is 5.92. The molecule has 1 atom stereocenters. The van der Waals surface area contributed by atoms with E-state index in [1.54, 1.807) is 27.6 Å². The van der Waals surface area contributed by atoms with Crippen LogP contribution in [0, 0.1) is 0 Å². The molecule has 0 aliphatic heterocycles. The van der Waals surface area contributed by atoms with Crippen LogP contribution in [0.4, 0.5) is 0 Å². The van der Waals surface area contributed by atoms with Crippen molar-refractivity contribution in [3.8, 4) is 17.2 Å². The minimum absolute atomic E-state index is 0.116. The number of furan rings is 1. The van der Waals surface area contributed by atoms with E-state index in [0.29, 0.717) is 23.8 Å². The van der Waals surface area contributed by atoms with Gasteiger partial charge in [-0.25, -0.2) is 0 Å². The molecule has 0 saturated carbocycles. The zero-order valence-electron chi connectivity index (χ0n) is 12.6. The quantitative estimate of drug-likeness (QED) is 0.849. The van der Waals surface area contributed by atoms with E-state index in [1.165, 1.54) is 0 Å². The first-order valence-corrected chi connectivity index (χ1v) is 6.75. The fraction of sp³-hybridized carbons (Fsp3) is 0.375. The molecular formula is C16H21NO4. The summed E-state index contributed by atoms with van der Waals surface area (Å²) in [5.74, 6) is 2.86. The first-order valence-electron chi connectivity index (χ1n) is 6.75. The summed E-state index contributed by atoms with van der Waals surface area (Å²) in [6, 6.07) is 7.68. The van der Waals surface area contributed by atoms with Crippen LogP contribution in [0.25, 0.3) is 0 Å². The lowest BCUT2D eigenvalue weighted by molar-refractivity contribution is 0.323. The van der Waals surface area contributed by atoms with Crippen LogP contribution in [0.15, 0.2) is 34.9 Å². The predicted octanol–water partition coefficient (Wildman–Crippen LogP) is 2.59. The second-order valence-corrected chi connectivity index (χ2v) is 4.67. The lowest BCUT2D eigenvalue weighted by atomic mass is 9.94. The summed E-state index contributed by atoms with van der Waals surface area (Å²) < 4.78 is 21.5. The average molecular weight is 291 g/mol. The molecule has 1 unspecified atom stereocenters. The SMILES string of the molecule is COc1cc(C(CN)Cc2ccco2)cc(OC)c1OC. The van der Waals surface area contributed by atoms with Gasteiger partial charge in [0.2, 0.25) is 5.75 Å². The Morgan fingerprint density at radius 1 is 1.10 bits per heavy atom. The molecule has 0 saturated heterocycles. The van der Waals surface area contributed by atoms with E-state index >= 15 is 0 Å². The Hall–Kier alpha value is -2.14. The second kappa shape index (κ2) is 7.04. The third-order valence-corrected chi connectivity index (χ3v) is 3.47. The van der Waals surface area contributed by atoms with Gasteiger partial charge in [0.1, 0.15) is 5.76 Å². The van der Waals surface area contributed by atoms with Crippen molar-refractivity contribution in [2.45, 2.75) is 12.3 Å². The molecule has 2 rings (SSSR count). The van der Waals surface area contributed by atoms with Gasteiger partial charge in [0, 0.05) is 12.3 Å². The molecule has 1 aromatic carbocycles. The highest BCUT2D eigenvalue weighted by Gasteiger charge is 2.19. The van der Waals surface area contributed by atoms with Crippen molar-refractivity contribution < 1.29 is 18.6 Å². The topological polar surface area (TPSA) is 66.9 Å². The molecule has 0 aliphatic rings. The highest BCUT2D eigenvalue weighted by molar-refractivity contribution is 5.54. The summed E-state index contributed by atoms with van der Waals surface area (Å²) in [4.78, 5) is 0. The summed E-state index contributed by atoms with van der Waals surface area (Å²) in [6.45, 7) is 0.499. The molecule has 0 spiro atoms. The van der Waals surface area contributed by atoms with Crippen LogP contribution in [-0.4, -0.2) is 27.9 Å². The maximum Gasteiger partial charge on any atom is 0.203 e. The Bertz CT molecular complexity index is 541. The zero-order chi connectivity index (χ0) is 15.2. The van der Waals surface area contributed by atoms with Crippen molar-refractivity contribution in [2.24, 2.45) is 5.73 Å². The lowest BCUT2D eigenvalue weighted by Crippen LogP contribution is -2.15. The summed E-state index contributed by atoms with van der Waals surface area (Å²) in [5.41, 5.74) is 6.95. The van der Waals surface area contributed by atoms with Crippen LogP contribution in [0.1, 0.15) is 17.2 Å². The normalized spacial score (nSPS) is 12.0. The summed E-state index contributed by atoms with van der Waals surface area (Å²) in [5, 5.41) is 0. The molecule has 0 amide bonds. The van der Waals surface area contributed by atoms with Crippen LogP contribution >= 0.6 is 0 Å². The Balaban J connectivity index is 2.36. The predicted molar refractivity (Wildman–Crippen MR) is 80.3 cm³/mol. The smallest absolute Gasteiger partial charge is 0.203 e. The van der Waals surface area contributed by atoms with Crippen LogP contribution < -0.4 is 19.9 Å².